The van der Waals surface area contributed by atoms with E-state index >= 15 is 0 Å². The average Bonchev–Trinajstić information content (AvgIpc) is 2.19. The number of rotatable bonds is 2. The molecule has 0 aromatic rings. The van der Waals surface area contributed by atoms with Gasteiger partial charge in [-0.05, 0) is 24.9 Å². The Balaban J connectivity index is 2.06. The summed E-state index contributed by atoms with van der Waals surface area (Å²) in [6, 6.07) is 0. The molecule has 1 saturated heterocycles. The van der Waals surface area contributed by atoms with Gasteiger partial charge in [-0.3, -0.25) is 0 Å². The third-order valence-electron chi connectivity index (χ3n) is 1.38. The van der Waals surface area contributed by atoms with Gasteiger partial charge >= 0.3 is 0 Å². The maximum atomic E-state index is 2.19. The fraction of sp³-hybridized carbons (Fsp3) is 1.00. The molecular formula is C6H12S2. The first-order valence-electron chi connectivity index (χ1n) is 3.04. The standard InChI is InChI=1S/C6H12S2/c1-7-5-6-3-2-4-8-6/h6H,2-5H2,1H3. The van der Waals surface area contributed by atoms with Gasteiger partial charge in [-0.2, -0.15) is 23.5 Å². The van der Waals surface area contributed by atoms with Crippen LogP contribution in [0.4, 0.5) is 0 Å². The minimum Gasteiger partial charge on any atom is -0.164 e. The van der Waals surface area contributed by atoms with Crippen molar-refractivity contribution in [1.29, 1.82) is 0 Å². The minimum atomic E-state index is 0.991. The lowest BCUT2D eigenvalue weighted by molar-refractivity contribution is 0.845. The monoisotopic (exact) mass is 148 g/mol. The first kappa shape index (κ1) is 6.81. The molecule has 0 aromatic heterocycles. The second-order valence-electron chi connectivity index (χ2n) is 2.09. The molecule has 0 radical (unpaired) electrons. The molecule has 1 fully saturated rings. The Labute approximate surface area is 59.8 Å². The Morgan fingerprint density at radius 2 is 2.62 bits per heavy atom. The topological polar surface area (TPSA) is 0 Å². The zero-order valence-corrected chi connectivity index (χ0v) is 6.86. The van der Waals surface area contributed by atoms with Crippen molar-refractivity contribution in [1.82, 2.24) is 0 Å². The van der Waals surface area contributed by atoms with Gasteiger partial charge in [-0.15, -0.1) is 0 Å². The van der Waals surface area contributed by atoms with Crippen LogP contribution < -0.4 is 0 Å². The highest BCUT2D eigenvalue weighted by molar-refractivity contribution is 8.03. The maximum absolute atomic E-state index is 2.19. The highest BCUT2D eigenvalue weighted by Gasteiger charge is 2.13. The molecule has 0 nitrogen and oxygen atoms in total. The number of thioether (sulfide) groups is 2. The van der Waals surface area contributed by atoms with Gasteiger partial charge in [0.1, 0.15) is 0 Å². The van der Waals surface area contributed by atoms with Crippen LogP contribution in [0.15, 0.2) is 0 Å². The minimum absolute atomic E-state index is 0.991. The fourth-order valence-electron chi connectivity index (χ4n) is 0.962. The Hall–Kier alpha value is 0.700. The van der Waals surface area contributed by atoms with Crippen LogP contribution in [-0.2, 0) is 0 Å². The van der Waals surface area contributed by atoms with Crippen molar-refractivity contribution >= 4 is 23.5 Å². The summed E-state index contributed by atoms with van der Waals surface area (Å²) < 4.78 is 0. The van der Waals surface area contributed by atoms with Crippen molar-refractivity contribution < 1.29 is 0 Å². The van der Waals surface area contributed by atoms with E-state index in [2.05, 4.69) is 18.0 Å². The van der Waals surface area contributed by atoms with E-state index in [0.717, 1.165) is 5.25 Å². The normalized spacial score (nSPS) is 28.9. The summed E-state index contributed by atoms with van der Waals surface area (Å²) in [7, 11) is 0. The summed E-state index contributed by atoms with van der Waals surface area (Å²) in [5, 5.41) is 0.991. The SMILES string of the molecule is CSCC1CCCS1. The van der Waals surface area contributed by atoms with Gasteiger partial charge in [-0.25, -0.2) is 0 Å². The fourth-order valence-corrected chi connectivity index (χ4v) is 3.29. The molecule has 1 atom stereocenters. The van der Waals surface area contributed by atoms with E-state index in [0.29, 0.717) is 0 Å². The summed E-state index contributed by atoms with van der Waals surface area (Å²) in [5.74, 6) is 2.77. The van der Waals surface area contributed by atoms with Gasteiger partial charge < -0.3 is 0 Å². The van der Waals surface area contributed by atoms with Crippen molar-refractivity contribution in [2.24, 2.45) is 0 Å². The van der Waals surface area contributed by atoms with Gasteiger partial charge in [0.2, 0.25) is 0 Å². The Morgan fingerprint density at radius 3 is 3.12 bits per heavy atom. The second kappa shape index (κ2) is 3.67. The first-order chi connectivity index (χ1) is 3.93. The van der Waals surface area contributed by atoms with Crippen molar-refractivity contribution in [3.05, 3.63) is 0 Å². The number of hydrogen-bond acceptors (Lipinski definition) is 2. The molecule has 0 spiro atoms. The van der Waals surface area contributed by atoms with Gasteiger partial charge in [-0.1, -0.05) is 0 Å². The van der Waals surface area contributed by atoms with Crippen LogP contribution in [-0.4, -0.2) is 23.0 Å². The quantitative estimate of drug-likeness (QED) is 0.589. The molecule has 1 aliphatic heterocycles. The van der Waals surface area contributed by atoms with Crippen molar-refractivity contribution in [2.75, 3.05) is 17.8 Å². The Morgan fingerprint density at radius 1 is 1.75 bits per heavy atom. The van der Waals surface area contributed by atoms with E-state index in [4.69, 9.17) is 0 Å². The van der Waals surface area contributed by atoms with Crippen LogP contribution in [0.3, 0.4) is 0 Å². The second-order valence-corrected chi connectivity index (χ2v) is 4.41. The zero-order chi connectivity index (χ0) is 5.82. The summed E-state index contributed by atoms with van der Waals surface area (Å²) in [6.45, 7) is 0. The third-order valence-corrected chi connectivity index (χ3v) is 3.72. The number of hydrogen-bond donors (Lipinski definition) is 0. The van der Waals surface area contributed by atoms with E-state index in [9.17, 15) is 0 Å². The van der Waals surface area contributed by atoms with Gasteiger partial charge in [0.25, 0.3) is 0 Å². The smallest absolute Gasteiger partial charge is 0.0138 e. The van der Waals surface area contributed by atoms with Crippen LogP contribution in [0.2, 0.25) is 0 Å². The Bertz CT molecular complexity index is 57.5. The van der Waals surface area contributed by atoms with E-state index in [1.807, 2.05) is 11.8 Å². The van der Waals surface area contributed by atoms with Gasteiger partial charge in [0.05, 0.1) is 0 Å². The Kier molecular flexibility index (Phi) is 3.13. The molecule has 0 bridgehead atoms. The molecule has 1 rings (SSSR count). The lowest BCUT2D eigenvalue weighted by Gasteiger charge is -2.02. The molecule has 48 valence electrons. The van der Waals surface area contributed by atoms with E-state index in [1.165, 1.54) is 24.3 Å². The van der Waals surface area contributed by atoms with E-state index in [1.54, 1.807) is 0 Å². The predicted molar refractivity (Wildman–Crippen MR) is 43.9 cm³/mol. The molecule has 2 heteroatoms. The van der Waals surface area contributed by atoms with Gasteiger partial charge in [0.15, 0.2) is 0 Å². The molecule has 0 aromatic carbocycles. The molecule has 0 saturated carbocycles. The molecule has 0 N–H and O–H groups in total. The van der Waals surface area contributed by atoms with E-state index < -0.39 is 0 Å². The molecule has 1 aliphatic rings. The summed E-state index contributed by atoms with van der Waals surface area (Å²) in [6.07, 6.45) is 5.11. The maximum Gasteiger partial charge on any atom is 0.0138 e. The van der Waals surface area contributed by atoms with Crippen molar-refractivity contribution in [2.45, 2.75) is 18.1 Å². The van der Waals surface area contributed by atoms with Crippen molar-refractivity contribution in [3.63, 3.8) is 0 Å². The molecule has 0 amide bonds. The molecular weight excluding hydrogens is 136 g/mol. The first-order valence-corrected chi connectivity index (χ1v) is 5.48. The third kappa shape index (κ3) is 1.90. The molecule has 0 aliphatic carbocycles. The largest absolute Gasteiger partial charge is 0.164 e. The van der Waals surface area contributed by atoms with Gasteiger partial charge in [0, 0.05) is 11.0 Å². The van der Waals surface area contributed by atoms with Crippen LogP contribution in [0.25, 0.3) is 0 Å². The van der Waals surface area contributed by atoms with Crippen LogP contribution in [0, 0.1) is 0 Å². The molecule has 1 unspecified atom stereocenters. The van der Waals surface area contributed by atoms with Crippen LogP contribution in [0.5, 0.6) is 0 Å². The predicted octanol–water partition coefficient (Wildman–Crippen LogP) is 2.25. The molecule has 1 heterocycles. The lowest BCUT2D eigenvalue weighted by Crippen LogP contribution is -1.98. The summed E-state index contributed by atoms with van der Waals surface area (Å²) >= 11 is 4.12. The highest BCUT2D eigenvalue weighted by atomic mass is 32.2. The van der Waals surface area contributed by atoms with Crippen molar-refractivity contribution in [3.8, 4) is 0 Å². The highest BCUT2D eigenvalue weighted by Crippen LogP contribution is 2.27. The molecule has 8 heavy (non-hydrogen) atoms. The van der Waals surface area contributed by atoms with Crippen LogP contribution >= 0.6 is 23.5 Å². The average molecular weight is 148 g/mol. The summed E-state index contributed by atoms with van der Waals surface area (Å²) in [5.41, 5.74) is 0. The van der Waals surface area contributed by atoms with E-state index in [-0.39, 0.29) is 0 Å². The zero-order valence-electron chi connectivity index (χ0n) is 5.22. The summed E-state index contributed by atoms with van der Waals surface area (Å²) in [4.78, 5) is 0. The van der Waals surface area contributed by atoms with Crippen LogP contribution in [0.1, 0.15) is 12.8 Å². The lowest BCUT2D eigenvalue weighted by atomic mass is 10.3.